The van der Waals surface area contributed by atoms with Gasteiger partial charge in [0.1, 0.15) is 0 Å². The van der Waals surface area contributed by atoms with Crippen LogP contribution < -0.4 is 5.32 Å². The molecule has 4 nitrogen and oxygen atoms in total. The molecule has 1 fully saturated rings. The summed E-state index contributed by atoms with van der Waals surface area (Å²) in [6, 6.07) is 9.68. The third-order valence-corrected chi connectivity index (χ3v) is 9.16. The molecule has 5 atom stereocenters. The molecule has 0 saturated heterocycles. The van der Waals surface area contributed by atoms with Crippen LogP contribution in [0.15, 0.2) is 65.4 Å². The van der Waals surface area contributed by atoms with Gasteiger partial charge in [0.05, 0.1) is 17.2 Å². The van der Waals surface area contributed by atoms with Crippen molar-refractivity contribution < 1.29 is 23.4 Å². The van der Waals surface area contributed by atoms with Gasteiger partial charge in [-0.2, -0.15) is 13.2 Å². The van der Waals surface area contributed by atoms with Gasteiger partial charge >= 0.3 is 6.18 Å². The maximum Gasteiger partial charge on any atom is 0.413 e. The lowest BCUT2D eigenvalue weighted by Crippen LogP contribution is -2.51. The van der Waals surface area contributed by atoms with E-state index in [2.05, 4.69) is 10.3 Å². The average molecular weight is 527 g/mol. The summed E-state index contributed by atoms with van der Waals surface area (Å²) in [4.78, 5) is 4.37. The van der Waals surface area contributed by atoms with Crippen molar-refractivity contribution in [3.05, 3.63) is 71.0 Å². The SMILES string of the molecule is CC12CC(C(F)(F)F)=C3C=C4CC(O)CCC4CC[C@]3(O)C1CC=C2c1ccc2ncccc2c1.CNC. The van der Waals surface area contributed by atoms with Gasteiger partial charge in [0.25, 0.3) is 0 Å². The molecule has 0 spiro atoms. The highest BCUT2D eigenvalue weighted by molar-refractivity contribution is 5.85. The summed E-state index contributed by atoms with van der Waals surface area (Å²) in [6.45, 7) is 1.90. The van der Waals surface area contributed by atoms with Crippen molar-refractivity contribution in [3.8, 4) is 0 Å². The molecule has 3 N–H and O–H groups in total. The number of nitrogens with zero attached hydrogens (tertiary/aromatic N) is 1. The van der Waals surface area contributed by atoms with Crippen molar-refractivity contribution in [1.29, 1.82) is 0 Å². The van der Waals surface area contributed by atoms with E-state index in [1.165, 1.54) is 0 Å². The summed E-state index contributed by atoms with van der Waals surface area (Å²) in [7, 11) is 3.75. The molecule has 0 aliphatic heterocycles. The Bertz CT molecular complexity index is 1310. The zero-order valence-electron chi connectivity index (χ0n) is 22.3. The van der Waals surface area contributed by atoms with Crippen LogP contribution in [0.25, 0.3) is 16.5 Å². The van der Waals surface area contributed by atoms with E-state index in [-0.39, 0.29) is 23.8 Å². The summed E-state index contributed by atoms with van der Waals surface area (Å²) in [5, 5.41) is 26.1. The first kappa shape index (κ1) is 27.1. The molecule has 1 aromatic heterocycles. The molecule has 7 heteroatoms. The summed E-state index contributed by atoms with van der Waals surface area (Å²) in [5.74, 6) is -0.208. The number of hydrogen-bond donors (Lipinski definition) is 3. The van der Waals surface area contributed by atoms with Crippen molar-refractivity contribution in [3.63, 3.8) is 0 Å². The third-order valence-electron chi connectivity index (χ3n) is 9.16. The molecule has 4 aliphatic rings. The van der Waals surface area contributed by atoms with E-state index in [1.807, 2.05) is 57.4 Å². The lowest BCUT2D eigenvalue weighted by atomic mass is 9.56. The highest BCUT2D eigenvalue weighted by atomic mass is 19.4. The Kier molecular flexibility index (Phi) is 7.08. The molecule has 38 heavy (non-hydrogen) atoms. The van der Waals surface area contributed by atoms with Crippen LogP contribution in [0, 0.1) is 17.3 Å². The highest BCUT2D eigenvalue weighted by Gasteiger charge is 2.60. The molecule has 6 rings (SSSR count). The van der Waals surface area contributed by atoms with Gasteiger partial charge in [-0.15, -0.1) is 0 Å². The molecular weight excluding hydrogens is 489 g/mol. The van der Waals surface area contributed by atoms with Crippen molar-refractivity contribution in [2.24, 2.45) is 17.3 Å². The van der Waals surface area contributed by atoms with E-state index < -0.39 is 28.9 Å². The van der Waals surface area contributed by atoms with Crippen LogP contribution in [0.1, 0.15) is 57.4 Å². The van der Waals surface area contributed by atoms with E-state index in [9.17, 15) is 23.4 Å². The minimum Gasteiger partial charge on any atom is -0.393 e. The number of benzene rings is 1. The van der Waals surface area contributed by atoms with Crippen molar-refractivity contribution in [1.82, 2.24) is 10.3 Å². The van der Waals surface area contributed by atoms with Gasteiger partial charge in [-0.25, -0.2) is 0 Å². The van der Waals surface area contributed by atoms with Crippen molar-refractivity contribution in [2.45, 2.75) is 69.8 Å². The zero-order valence-corrected chi connectivity index (χ0v) is 22.3. The lowest BCUT2D eigenvalue weighted by molar-refractivity contribution is -0.113. The van der Waals surface area contributed by atoms with Crippen LogP contribution in [0.3, 0.4) is 0 Å². The van der Waals surface area contributed by atoms with Crippen molar-refractivity contribution in [2.75, 3.05) is 14.1 Å². The monoisotopic (exact) mass is 526 g/mol. The normalized spacial score (nSPS) is 32.8. The zero-order chi connectivity index (χ0) is 27.3. The lowest BCUT2D eigenvalue weighted by Gasteiger charge is -2.50. The number of aliphatic hydroxyl groups is 2. The second kappa shape index (κ2) is 9.92. The standard InChI is InChI=1S/C29H30F3NO2.C2H7N/c1-27-16-24(29(30,31)32)23-15-20-14-21(34)6-4-17(20)10-11-28(23,35)26(27)9-7-22(27)18-5-8-25-19(13-18)3-2-12-33-25;1-3-2/h2-3,5,7-8,12-13,15,17,21,26,34-35H,4,6,9-11,14,16H2,1H3;3H,1-2H3/t17?,21?,26?,27?,28-;/m1./s1. The van der Waals surface area contributed by atoms with Gasteiger partial charge in [0, 0.05) is 28.5 Å². The molecule has 0 bridgehead atoms. The number of aromatic nitrogens is 1. The van der Waals surface area contributed by atoms with E-state index >= 15 is 0 Å². The van der Waals surface area contributed by atoms with Crippen molar-refractivity contribution >= 4 is 16.5 Å². The van der Waals surface area contributed by atoms with Gasteiger partial charge in [-0.1, -0.05) is 36.8 Å². The van der Waals surface area contributed by atoms with Crippen LogP contribution in [0.2, 0.25) is 0 Å². The Balaban J connectivity index is 0.000000937. The number of pyridine rings is 1. The smallest absolute Gasteiger partial charge is 0.393 e. The highest BCUT2D eigenvalue weighted by Crippen LogP contribution is 2.64. The molecule has 204 valence electrons. The first-order chi connectivity index (χ1) is 18.0. The van der Waals surface area contributed by atoms with Crippen LogP contribution >= 0.6 is 0 Å². The average Bonchev–Trinajstić information content (AvgIpc) is 3.15. The number of alkyl halides is 3. The molecule has 0 radical (unpaired) electrons. The first-order valence-corrected chi connectivity index (χ1v) is 13.6. The molecule has 0 amide bonds. The van der Waals surface area contributed by atoms with Gasteiger partial charge in [-0.3, -0.25) is 4.98 Å². The molecule has 4 aliphatic carbocycles. The van der Waals surface area contributed by atoms with E-state index in [4.69, 9.17) is 0 Å². The predicted molar refractivity (Wildman–Crippen MR) is 144 cm³/mol. The molecule has 2 aromatic rings. The first-order valence-electron chi connectivity index (χ1n) is 13.6. The minimum absolute atomic E-state index is 0.0523. The van der Waals surface area contributed by atoms with E-state index in [0.29, 0.717) is 32.1 Å². The second-order valence-corrected chi connectivity index (χ2v) is 11.6. The Hall–Kier alpha value is -2.48. The Morgan fingerprint density at radius 1 is 1.11 bits per heavy atom. The minimum atomic E-state index is -4.54. The predicted octanol–water partition coefficient (Wildman–Crippen LogP) is 6.35. The third kappa shape index (κ3) is 4.52. The maximum atomic E-state index is 14.6. The van der Waals surface area contributed by atoms with Crippen LogP contribution in [0.5, 0.6) is 0 Å². The topological polar surface area (TPSA) is 65.4 Å². The molecule has 1 saturated carbocycles. The van der Waals surface area contributed by atoms with Crippen LogP contribution in [-0.4, -0.2) is 47.2 Å². The summed E-state index contributed by atoms with van der Waals surface area (Å²) in [6.07, 6.45) is 3.50. The molecular formula is C31H37F3N2O2. The fourth-order valence-corrected chi connectivity index (χ4v) is 7.44. The van der Waals surface area contributed by atoms with E-state index in [1.54, 1.807) is 12.3 Å². The van der Waals surface area contributed by atoms with Gasteiger partial charge in [0.15, 0.2) is 0 Å². The van der Waals surface area contributed by atoms with Gasteiger partial charge in [0.2, 0.25) is 0 Å². The number of allylic oxidation sites excluding steroid dienone is 3. The number of rotatable bonds is 1. The quantitative estimate of drug-likeness (QED) is 0.405. The molecule has 4 unspecified atom stereocenters. The van der Waals surface area contributed by atoms with Crippen LogP contribution in [-0.2, 0) is 0 Å². The summed E-state index contributed by atoms with van der Waals surface area (Å²) in [5.41, 5.74) is 0.542. The Morgan fingerprint density at radius 2 is 1.87 bits per heavy atom. The number of hydrogen-bond acceptors (Lipinski definition) is 4. The molecule has 1 heterocycles. The number of nitrogens with one attached hydrogen (secondary N) is 1. The van der Waals surface area contributed by atoms with Gasteiger partial charge < -0.3 is 15.5 Å². The Labute approximate surface area is 222 Å². The van der Waals surface area contributed by atoms with Crippen LogP contribution in [0.4, 0.5) is 13.2 Å². The fourth-order valence-electron chi connectivity index (χ4n) is 7.44. The Morgan fingerprint density at radius 3 is 2.61 bits per heavy atom. The largest absolute Gasteiger partial charge is 0.413 e. The number of fused-ring (bicyclic) bond motifs is 5. The number of halogens is 3. The van der Waals surface area contributed by atoms with E-state index in [0.717, 1.165) is 34.0 Å². The summed E-state index contributed by atoms with van der Waals surface area (Å²) < 4.78 is 43.8. The maximum absolute atomic E-state index is 14.6. The number of aliphatic hydroxyl groups excluding tert-OH is 1. The molecule has 1 aromatic carbocycles. The van der Waals surface area contributed by atoms with Gasteiger partial charge in [-0.05, 0) is 99.9 Å². The summed E-state index contributed by atoms with van der Waals surface area (Å²) >= 11 is 0. The second-order valence-electron chi connectivity index (χ2n) is 11.6. The fraction of sp³-hybridized carbons (Fsp3) is 0.516.